The maximum Gasteiger partial charge on any atom is 0.293 e. The zero-order valence-electron chi connectivity index (χ0n) is 14.8. The van der Waals surface area contributed by atoms with Crippen LogP contribution in [0.15, 0.2) is 66.1 Å². The third-order valence-corrected chi connectivity index (χ3v) is 5.27. The molecule has 2 aromatic carbocycles. The third kappa shape index (κ3) is 4.35. The highest BCUT2D eigenvalue weighted by atomic mass is 32.2. The second-order valence-electron chi connectivity index (χ2n) is 6.00. The van der Waals surface area contributed by atoms with E-state index >= 15 is 0 Å². The number of carbonyl (C=O) groups is 1. The first-order chi connectivity index (χ1) is 13.0. The lowest BCUT2D eigenvalue weighted by atomic mass is 10.1. The Labute approximate surface area is 160 Å². The fraction of sp³-hybridized carbons (Fsp3) is 0.158. The Kier molecular flexibility index (Phi) is 5.56. The van der Waals surface area contributed by atoms with E-state index in [0.29, 0.717) is 5.16 Å². The minimum absolute atomic E-state index is 0.128. The first kappa shape index (κ1) is 18.7. The number of carbonyl (C=O) groups excluding carboxylic acids is 1. The van der Waals surface area contributed by atoms with Gasteiger partial charge in [0.05, 0.1) is 4.92 Å². The number of imidazole rings is 1. The minimum Gasteiger partial charge on any atom is -0.329 e. The molecule has 0 saturated heterocycles. The lowest BCUT2D eigenvalue weighted by molar-refractivity contribution is -0.384. The average Bonchev–Trinajstić information content (AvgIpc) is 3.06. The standard InChI is InChI=1S/C19H18N4O3S/c1-13-8-9-15(16(12-13)23(25)26)21-18(24)17(14-6-4-3-5-7-14)27-19-20-10-11-22(19)2/h3-12,17H,1-2H3,(H,21,24). The summed E-state index contributed by atoms with van der Waals surface area (Å²) < 4.78 is 1.82. The van der Waals surface area contributed by atoms with E-state index in [9.17, 15) is 14.9 Å². The van der Waals surface area contributed by atoms with Crippen LogP contribution in [-0.2, 0) is 11.8 Å². The van der Waals surface area contributed by atoms with Gasteiger partial charge in [0, 0.05) is 25.5 Å². The number of anilines is 1. The molecule has 0 radical (unpaired) electrons. The molecule has 3 aromatic rings. The highest BCUT2D eigenvalue weighted by molar-refractivity contribution is 8.00. The van der Waals surface area contributed by atoms with Crippen molar-refractivity contribution in [1.82, 2.24) is 9.55 Å². The summed E-state index contributed by atoms with van der Waals surface area (Å²) in [6, 6.07) is 14.0. The molecule has 3 rings (SSSR count). The summed E-state index contributed by atoms with van der Waals surface area (Å²) >= 11 is 1.29. The molecular weight excluding hydrogens is 364 g/mol. The summed E-state index contributed by atoms with van der Waals surface area (Å²) in [6.07, 6.45) is 3.46. The molecule has 7 nitrogen and oxygen atoms in total. The fourth-order valence-electron chi connectivity index (χ4n) is 2.57. The van der Waals surface area contributed by atoms with Crippen molar-refractivity contribution in [2.75, 3.05) is 5.32 Å². The number of thioether (sulfide) groups is 1. The summed E-state index contributed by atoms with van der Waals surface area (Å²) in [4.78, 5) is 28.1. The molecule has 8 heteroatoms. The first-order valence-electron chi connectivity index (χ1n) is 8.20. The molecule has 27 heavy (non-hydrogen) atoms. The molecule has 0 spiro atoms. The maximum atomic E-state index is 13.0. The quantitative estimate of drug-likeness (QED) is 0.394. The van der Waals surface area contributed by atoms with Crippen LogP contribution in [0.2, 0.25) is 0 Å². The summed E-state index contributed by atoms with van der Waals surface area (Å²) in [7, 11) is 1.85. The third-order valence-electron chi connectivity index (χ3n) is 3.95. The number of amides is 1. The number of nitro benzene ring substituents is 1. The first-order valence-corrected chi connectivity index (χ1v) is 9.08. The van der Waals surface area contributed by atoms with Gasteiger partial charge in [-0.3, -0.25) is 14.9 Å². The molecule has 1 atom stereocenters. The topological polar surface area (TPSA) is 90.1 Å². The van der Waals surface area contributed by atoms with Crippen LogP contribution >= 0.6 is 11.8 Å². The van der Waals surface area contributed by atoms with Crippen LogP contribution in [0.1, 0.15) is 16.4 Å². The van der Waals surface area contributed by atoms with Gasteiger partial charge in [0.15, 0.2) is 5.16 Å². The molecule has 1 heterocycles. The van der Waals surface area contributed by atoms with Gasteiger partial charge in [-0.1, -0.05) is 48.2 Å². The van der Waals surface area contributed by atoms with Gasteiger partial charge in [-0.05, 0) is 24.1 Å². The second-order valence-corrected chi connectivity index (χ2v) is 7.07. The SMILES string of the molecule is Cc1ccc(NC(=O)C(Sc2nccn2C)c2ccccc2)c([N+](=O)[O-])c1. The van der Waals surface area contributed by atoms with Crippen LogP contribution < -0.4 is 5.32 Å². The number of benzene rings is 2. The van der Waals surface area contributed by atoms with Gasteiger partial charge >= 0.3 is 0 Å². The molecule has 0 bridgehead atoms. The Morgan fingerprint density at radius 2 is 2.00 bits per heavy atom. The van der Waals surface area contributed by atoms with E-state index < -0.39 is 10.2 Å². The van der Waals surface area contributed by atoms with E-state index in [1.165, 1.54) is 17.8 Å². The zero-order chi connectivity index (χ0) is 19.4. The van der Waals surface area contributed by atoms with Gasteiger partial charge in [-0.15, -0.1) is 0 Å². The molecule has 0 saturated carbocycles. The molecule has 0 aliphatic carbocycles. The van der Waals surface area contributed by atoms with Crippen molar-refractivity contribution in [3.63, 3.8) is 0 Å². The second kappa shape index (κ2) is 8.05. The molecule has 1 N–H and O–H groups in total. The van der Waals surface area contributed by atoms with E-state index in [1.807, 2.05) is 41.9 Å². The molecule has 0 aliphatic heterocycles. The summed E-state index contributed by atoms with van der Waals surface area (Å²) in [5.74, 6) is -0.346. The van der Waals surface area contributed by atoms with Crippen molar-refractivity contribution >= 4 is 29.0 Å². The zero-order valence-corrected chi connectivity index (χ0v) is 15.6. The molecule has 0 aliphatic rings. The number of hydrogen-bond donors (Lipinski definition) is 1. The highest BCUT2D eigenvalue weighted by Gasteiger charge is 2.26. The van der Waals surface area contributed by atoms with Gasteiger partial charge < -0.3 is 9.88 Å². The van der Waals surface area contributed by atoms with Gasteiger partial charge in [0.2, 0.25) is 5.91 Å². The summed E-state index contributed by atoms with van der Waals surface area (Å²) in [5.41, 5.74) is 1.59. The van der Waals surface area contributed by atoms with Crippen LogP contribution in [-0.4, -0.2) is 20.4 Å². The Hall–Kier alpha value is -3.13. The predicted octanol–water partition coefficient (Wildman–Crippen LogP) is 4.11. The van der Waals surface area contributed by atoms with Crippen LogP contribution in [0, 0.1) is 17.0 Å². The van der Waals surface area contributed by atoms with E-state index in [4.69, 9.17) is 0 Å². The van der Waals surface area contributed by atoms with Crippen molar-refractivity contribution in [3.05, 3.63) is 82.2 Å². The Balaban J connectivity index is 1.92. The van der Waals surface area contributed by atoms with Crippen molar-refractivity contribution in [2.45, 2.75) is 17.3 Å². The largest absolute Gasteiger partial charge is 0.329 e. The van der Waals surface area contributed by atoms with Gasteiger partial charge in [-0.2, -0.15) is 0 Å². The van der Waals surface area contributed by atoms with Crippen molar-refractivity contribution in [2.24, 2.45) is 7.05 Å². The summed E-state index contributed by atoms with van der Waals surface area (Å²) in [6.45, 7) is 1.77. The number of aromatic nitrogens is 2. The van der Waals surface area contributed by atoms with E-state index in [1.54, 1.807) is 31.5 Å². The molecule has 1 unspecified atom stereocenters. The average molecular weight is 382 g/mol. The number of hydrogen-bond acceptors (Lipinski definition) is 5. The lowest BCUT2D eigenvalue weighted by Crippen LogP contribution is -2.20. The van der Waals surface area contributed by atoms with Gasteiger partial charge in [0.1, 0.15) is 10.9 Å². The Bertz CT molecular complexity index is 972. The Morgan fingerprint density at radius 3 is 2.63 bits per heavy atom. The number of nitrogens with one attached hydrogen (secondary N) is 1. The van der Waals surface area contributed by atoms with Gasteiger partial charge in [-0.25, -0.2) is 4.98 Å². The highest BCUT2D eigenvalue weighted by Crippen LogP contribution is 2.36. The molecule has 1 amide bonds. The number of nitrogens with zero attached hydrogens (tertiary/aromatic N) is 3. The van der Waals surface area contributed by atoms with E-state index in [0.717, 1.165) is 11.1 Å². The van der Waals surface area contributed by atoms with Crippen LogP contribution in [0.4, 0.5) is 11.4 Å². The number of nitro groups is 1. The number of rotatable bonds is 6. The number of aryl methyl sites for hydroxylation is 2. The van der Waals surface area contributed by atoms with Crippen LogP contribution in [0.5, 0.6) is 0 Å². The van der Waals surface area contributed by atoms with Crippen molar-refractivity contribution in [3.8, 4) is 0 Å². The fourth-order valence-corrected chi connectivity index (χ4v) is 3.59. The van der Waals surface area contributed by atoms with E-state index in [-0.39, 0.29) is 17.3 Å². The van der Waals surface area contributed by atoms with Crippen molar-refractivity contribution in [1.29, 1.82) is 0 Å². The van der Waals surface area contributed by atoms with Crippen molar-refractivity contribution < 1.29 is 9.72 Å². The predicted molar refractivity (Wildman–Crippen MR) is 105 cm³/mol. The summed E-state index contributed by atoms with van der Waals surface area (Å²) in [5, 5.41) is 14.1. The normalized spacial score (nSPS) is 11.8. The Morgan fingerprint density at radius 1 is 1.26 bits per heavy atom. The van der Waals surface area contributed by atoms with E-state index in [2.05, 4.69) is 10.3 Å². The molecule has 138 valence electrons. The molecule has 1 aromatic heterocycles. The molecule has 0 fully saturated rings. The maximum absolute atomic E-state index is 13.0. The van der Waals surface area contributed by atoms with Crippen LogP contribution in [0.25, 0.3) is 0 Å². The lowest BCUT2D eigenvalue weighted by Gasteiger charge is -2.17. The smallest absolute Gasteiger partial charge is 0.293 e. The molecular formula is C19H18N4O3S. The monoisotopic (exact) mass is 382 g/mol. The van der Waals surface area contributed by atoms with Crippen LogP contribution in [0.3, 0.4) is 0 Å². The minimum atomic E-state index is -0.604. The van der Waals surface area contributed by atoms with Gasteiger partial charge in [0.25, 0.3) is 5.69 Å².